The first-order valence-corrected chi connectivity index (χ1v) is 5.78. The molecular weight excluding hydrogens is 194 g/mol. The fourth-order valence-electron chi connectivity index (χ4n) is 1.59. The summed E-state index contributed by atoms with van der Waals surface area (Å²) >= 11 is 0. The first-order chi connectivity index (χ1) is 7.24. The Labute approximate surface area is 92.3 Å². The van der Waals surface area contributed by atoms with Crippen LogP contribution in [-0.2, 0) is 14.2 Å². The zero-order chi connectivity index (χ0) is 11.1. The highest BCUT2D eigenvalue weighted by molar-refractivity contribution is 4.78. The maximum absolute atomic E-state index is 5.66. The molecule has 2 atom stereocenters. The normalized spacial score (nSPS) is 24.4. The Balaban J connectivity index is 2.33. The maximum Gasteiger partial charge on any atom is 0.0984 e. The molecule has 1 saturated heterocycles. The Morgan fingerprint density at radius 1 is 1.40 bits per heavy atom. The summed E-state index contributed by atoms with van der Waals surface area (Å²) in [6.07, 6.45) is 0.383. The quantitative estimate of drug-likeness (QED) is 0.714. The lowest BCUT2D eigenvalue weighted by atomic mass is 10.1. The Morgan fingerprint density at radius 2 is 2.20 bits per heavy atom. The molecule has 4 heteroatoms. The van der Waals surface area contributed by atoms with Gasteiger partial charge in [0.25, 0.3) is 0 Å². The second-order valence-corrected chi connectivity index (χ2v) is 4.03. The monoisotopic (exact) mass is 217 g/mol. The molecule has 4 nitrogen and oxygen atoms in total. The largest absolute Gasteiger partial charge is 0.377 e. The van der Waals surface area contributed by atoms with Crippen molar-refractivity contribution in [3.8, 4) is 0 Å². The standard InChI is InChI=1S/C11H23NO3/c1-4-12-10(7-15-9(2)3)11-8-13-5-6-14-11/h9-12H,4-8H2,1-3H3. The molecular formula is C11H23NO3. The lowest BCUT2D eigenvalue weighted by Crippen LogP contribution is -2.49. The van der Waals surface area contributed by atoms with Gasteiger partial charge < -0.3 is 19.5 Å². The summed E-state index contributed by atoms with van der Waals surface area (Å²) in [6, 6.07) is 0.234. The van der Waals surface area contributed by atoms with E-state index in [2.05, 4.69) is 12.2 Å². The van der Waals surface area contributed by atoms with Gasteiger partial charge in [-0.1, -0.05) is 6.92 Å². The van der Waals surface area contributed by atoms with Crippen molar-refractivity contribution in [2.75, 3.05) is 33.0 Å². The van der Waals surface area contributed by atoms with E-state index in [0.717, 1.165) is 6.54 Å². The van der Waals surface area contributed by atoms with Crippen LogP contribution in [0.3, 0.4) is 0 Å². The van der Waals surface area contributed by atoms with E-state index in [0.29, 0.717) is 26.4 Å². The van der Waals surface area contributed by atoms with Gasteiger partial charge in [-0.05, 0) is 20.4 Å². The van der Waals surface area contributed by atoms with Crippen molar-refractivity contribution in [1.82, 2.24) is 5.32 Å². The first kappa shape index (κ1) is 12.9. The lowest BCUT2D eigenvalue weighted by Gasteiger charge is -2.31. The van der Waals surface area contributed by atoms with Gasteiger partial charge in [0.15, 0.2) is 0 Å². The van der Waals surface area contributed by atoms with Crippen LogP contribution in [0.4, 0.5) is 0 Å². The second-order valence-electron chi connectivity index (χ2n) is 4.03. The third-order valence-corrected chi connectivity index (χ3v) is 2.37. The van der Waals surface area contributed by atoms with Crippen LogP contribution in [0.15, 0.2) is 0 Å². The highest BCUT2D eigenvalue weighted by Crippen LogP contribution is 2.07. The fraction of sp³-hybridized carbons (Fsp3) is 1.00. The summed E-state index contributed by atoms with van der Waals surface area (Å²) in [6.45, 7) is 9.84. The summed E-state index contributed by atoms with van der Waals surface area (Å²) < 4.78 is 16.7. The van der Waals surface area contributed by atoms with Crippen LogP contribution < -0.4 is 5.32 Å². The Hall–Kier alpha value is -0.160. The molecule has 0 aromatic rings. The van der Waals surface area contributed by atoms with Crippen LogP contribution in [0.25, 0.3) is 0 Å². The Bertz CT molecular complexity index is 158. The van der Waals surface area contributed by atoms with Crippen molar-refractivity contribution >= 4 is 0 Å². The molecule has 15 heavy (non-hydrogen) atoms. The van der Waals surface area contributed by atoms with Gasteiger partial charge in [0.1, 0.15) is 0 Å². The Kier molecular flexibility index (Phi) is 6.17. The van der Waals surface area contributed by atoms with Gasteiger partial charge >= 0.3 is 0 Å². The minimum absolute atomic E-state index is 0.123. The van der Waals surface area contributed by atoms with Crippen molar-refractivity contribution in [2.24, 2.45) is 0 Å². The lowest BCUT2D eigenvalue weighted by molar-refractivity contribution is -0.112. The Morgan fingerprint density at radius 3 is 2.73 bits per heavy atom. The van der Waals surface area contributed by atoms with Crippen molar-refractivity contribution in [3.05, 3.63) is 0 Å². The number of nitrogens with one attached hydrogen (secondary N) is 1. The summed E-state index contributed by atoms with van der Waals surface area (Å²) in [5.41, 5.74) is 0. The van der Waals surface area contributed by atoms with Gasteiger partial charge in [-0.15, -0.1) is 0 Å². The van der Waals surface area contributed by atoms with Gasteiger partial charge in [-0.25, -0.2) is 0 Å². The molecule has 1 N–H and O–H groups in total. The van der Waals surface area contributed by atoms with Crippen LogP contribution in [0.5, 0.6) is 0 Å². The summed E-state index contributed by atoms with van der Waals surface area (Å²) in [5, 5.41) is 3.38. The number of ether oxygens (including phenoxy) is 3. The van der Waals surface area contributed by atoms with Gasteiger partial charge in [0.2, 0.25) is 0 Å². The van der Waals surface area contributed by atoms with Crippen LogP contribution in [0.1, 0.15) is 20.8 Å². The van der Waals surface area contributed by atoms with E-state index in [1.165, 1.54) is 0 Å². The summed E-state index contributed by atoms with van der Waals surface area (Å²) in [5.74, 6) is 0. The molecule has 0 aliphatic carbocycles. The number of hydrogen-bond donors (Lipinski definition) is 1. The van der Waals surface area contributed by atoms with E-state index < -0.39 is 0 Å². The fourth-order valence-corrected chi connectivity index (χ4v) is 1.59. The van der Waals surface area contributed by atoms with E-state index in [1.54, 1.807) is 0 Å². The maximum atomic E-state index is 5.66. The van der Waals surface area contributed by atoms with E-state index in [9.17, 15) is 0 Å². The van der Waals surface area contributed by atoms with Crippen molar-refractivity contribution in [3.63, 3.8) is 0 Å². The van der Waals surface area contributed by atoms with Crippen LogP contribution in [-0.4, -0.2) is 51.2 Å². The van der Waals surface area contributed by atoms with Gasteiger partial charge in [-0.3, -0.25) is 0 Å². The predicted octanol–water partition coefficient (Wildman–Crippen LogP) is 0.805. The second kappa shape index (κ2) is 7.17. The molecule has 1 fully saturated rings. The van der Waals surface area contributed by atoms with Crippen molar-refractivity contribution in [2.45, 2.75) is 39.0 Å². The third kappa shape index (κ3) is 4.93. The molecule has 90 valence electrons. The molecule has 1 aliphatic heterocycles. The zero-order valence-electron chi connectivity index (χ0n) is 9.99. The van der Waals surface area contributed by atoms with Crippen LogP contribution >= 0.6 is 0 Å². The molecule has 1 rings (SSSR count). The molecule has 0 saturated carbocycles. The molecule has 0 aromatic heterocycles. The highest BCUT2D eigenvalue weighted by Gasteiger charge is 2.24. The summed E-state index contributed by atoms with van der Waals surface area (Å²) in [7, 11) is 0. The van der Waals surface area contributed by atoms with Gasteiger partial charge in [0.05, 0.1) is 44.7 Å². The minimum Gasteiger partial charge on any atom is -0.377 e. The van der Waals surface area contributed by atoms with E-state index in [1.807, 2.05) is 13.8 Å². The third-order valence-electron chi connectivity index (χ3n) is 2.37. The average molecular weight is 217 g/mol. The minimum atomic E-state index is 0.123. The first-order valence-electron chi connectivity index (χ1n) is 5.78. The predicted molar refractivity (Wildman–Crippen MR) is 59.1 cm³/mol. The van der Waals surface area contributed by atoms with Crippen molar-refractivity contribution in [1.29, 1.82) is 0 Å². The zero-order valence-corrected chi connectivity index (χ0v) is 9.99. The smallest absolute Gasteiger partial charge is 0.0984 e. The number of rotatable bonds is 6. The van der Waals surface area contributed by atoms with Crippen LogP contribution in [0.2, 0.25) is 0 Å². The molecule has 0 aromatic carbocycles. The molecule has 0 radical (unpaired) electrons. The van der Waals surface area contributed by atoms with E-state index >= 15 is 0 Å². The highest BCUT2D eigenvalue weighted by atomic mass is 16.6. The molecule has 2 unspecified atom stereocenters. The summed E-state index contributed by atoms with van der Waals surface area (Å²) in [4.78, 5) is 0. The molecule has 0 bridgehead atoms. The number of hydrogen-bond acceptors (Lipinski definition) is 4. The molecule has 1 heterocycles. The molecule has 0 spiro atoms. The van der Waals surface area contributed by atoms with Gasteiger partial charge in [0, 0.05) is 0 Å². The van der Waals surface area contributed by atoms with Crippen LogP contribution in [0, 0.1) is 0 Å². The molecule has 1 aliphatic rings. The average Bonchev–Trinajstić information content (AvgIpc) is 2.25. The van der Waals surface area contributed by atoms with E-state index in [-0.39, 0.29) is 18.2 Å². The van der Waals surface area contributed by atoms with Gasteiger partial charge in [-0.2, -0.15) is 0 Å². The SMILES string of the molecule is CCNC(COC(C)C)C1COCCO1. The van der Waals surface area contributed by atoms with E-state index in [4.69, 9.17) is 14.2 Å². The molecule has 0 amide bonds. The number of likely N-dealkylation sites (N-methyl/N-ethyl adjacent to an activating group) is 1. The topological polar surface area (TPSA) is 39.7 Å². The van der Waals surface area contributed by atoms with Crippen molar-refractivity contribution < 1.29 is 14.2 Å².